The molecule has 0 radical (unpaired) electrons. The molecule has 0 heterocycles. The Morgan fingerprint density at radius 2 is 1.80 bits per heavy atom. The summed E-state index contributed by atoms with van der Waals surface area (Å²) in [5, 5.41) is 7.64. The summed E-state index contributed by atoms with van der Waals surface area (Å²) in [5.41, 5.74) is 7.11. The van der Waals surface area contributed by atoms with Crippen LogP contribution in [-0.4, -0.2) is 12.4 Å². The normalized spacial score (nSPS) is 10.1. The highest BCUT2D eigenvalue weighted by atomic mass is 16.5. The lowest BCUT2D eigenvalue weighted by Crippen LogP contribution is -2.13. The molecular weight excluding hydrogens is 252 g/mol. The topological polar surface area (TPSA) is 68.3 Å². The van der Waals surface area contributed by atoms with Crippen LogP contribution in [0.15, 0.2) is 42.5 Å². The summed E-state index contributed by atoms with van der Waals surface area (Å²) in [4.78, 5) is 0. The molecule has 2 aromatic rings. The van der Waals surface area contributed by atoms with Gasteiger partial charge >= 0.3 is 0 Å². The summed E-state index contributed by atoms with van der Waals surface area (Å²) in [6.07, 6.45) is 0. The second-order valence-corrected chi connectivity index (χ2v) is 4.35. The largest absolute Gasteiger partial charge is 0.490 e. The van der Waals surface area contributed by atoms with Gasteiger partial charge in [-0.25, -0.2) is 0 Å². The number of amidine groups is 1. The maximum Gasteiger partial charge on any atom is 0.169 e. The highest BCUT2D eigenvalue weighted by molar-refractivity contribution is 5.98. The van der Waals surface area contributed by atoms with Gasteiger partial charge in [0.1, 0.15) is 11.6 Å². The molecule has 0 aliphatic heterocycles. The monoisotopic (exact) mass is 270 g/mol. The Morgan fingerprint density at radius 3 is 2.45 bits per heavy atom. The van der Waals surface area contributed by atoms with E-state index in [1.54, 1.807) is 6.07 Å². The summed E-state index contributed by atoms with van der Waals surface area (Å²) in [6.45, 7) is 4.41. The van der Waals surface area contributed by atoms with Crippen LogP contribution < -0.4 is 15.2 Å². The number of nitrogens with two attached hydrogens (primary N) is 1. The standard InChI is InChI=1S/C16H18N2O2/c1-3-19-13-9-4-5-10-14(13)20-15-11(2)7-6-8-12(15)16(17)18/h4-10H,3H2,1-2H3,(H3,17,18). The maximum absolute atomic E-state index is 7.64. The van der Waals surface area contributed by atoms with Gasteiger partial charge in [0.15, 0.2) is 11.5 Å². The van der Waals surface area contributed by atoms with Crippen molar-refractivity contribution in [3.63, 3.8) is 0 Å². The van der Waals surface area contributed by atoms with Gasteiger partial charge in [-0.1, -0.05) is 24.3 Å². The Morgan fingerprint density at radius 1 is 1.10 bits per heavy atom. The summed E-state index contributed by atoms with van der Waals surface area (Å²) in [6, 6.07) is 13.0. The number of hydrogen-bond acceptors (Lipinski definition) is 3. The molecule has 2 aromatic carbocycles. The van der Waals surface area contributed by atoms with Crippen molar-refractivity contribution in [2.24, 2.45) is 5.73 Å². The van der Waals surface area contributed by atoms with Crippen LogP contribution in [0.25, 0.3) is 0 Å². The molecule has 0 aliphatic carbocycles. The lowest BCUT2D eigenvalue weighted by atomic mass is 10.1. The van der Waals surface area contributed by atoms with E-state index >= 15 is 0 Å². The van der Waals surface area contributed by atoms with E-state index in [9.17, 15) is 0 Å². The van der Waals surface area contributed by atoms with E-state index in [1.807, 2.05) is 50.2 Å². The number of nitrogens with one attached hydrogen (secondary N) is 1. The fourth-order valence-electron chi connectivity index (χ4n) is 1.92. The van der Waals surface area contributed by atoms with Gasteiger partial charge in [-0.15, -0.1) is 0 Å². The molecule has 0 saturated heterocycles. The van der Waals surface area contributed by atoms with Gasteiger partial charge in [0.05, 0.1) is 12.2 Å². The summed E-state index contributed by atoms with van der Waals surface area (Å²) >= 11 is 0. The third-order valence-corrected chi connectivity index (χ3v) is 2.86. The number of ether oxygens (including phenoxy) is 2. The Labute approximate surface area is 118 Å². The summed E-state index contributed by atoms with van der Waals surface area (Å²) in [5.74, 6) is 1.86. The van der Waals surface area contributed by atoms with Crippen molar-refractivity contribution in [1.29, 1.82) is 5.41 Å². The minimum absolute atomic E-state index is 0.0161. The minimum Gasteiger partial charge on any atom is -0.490 e. The zero-order valence-electron chi connectivity index (χ0n) is 11.6. The van der Waals surface area contributed by atoms with Gasteiger partial charge in [0.25, 0.3) is 0 Å². The number of benzene rings is 2. The van der Waals surface area contributed by atoms with E-state index in [2.05, 4.69) is 0 Å². The van der Waals surface area contributed by atoms with Crippen LogP contribution in [0.5, 0.6) is 17.2 Å². The van der Waals surface area contributed by atoms with Gasteiger partial charge < -0.3 is 15.2 Å². The molecule has 104 valence electrons. The fourth-order valence-corrected chi connectivity index (χ4v) is 1.92. The predicted molar refractivity (Wildman–Crippen MR) is 79.9 cm³/mol. The van der Waals surface area contributed by atoms with Crippen molar-refractivity contribution in [2.75, 3.05) is 6.61 Å². The second kappa shape index (κ2) is 6.10. The molecule has 0 aliphatic rings. The molecule has 0 saturated carbocycles. The van der Waals surface area contributed by atoms with Crippen molar-refractivity contribution in [3.8, 4) is 17.2 Å². The average Bonchev–Trinajstić information content (AvgIpc) is 2.43. The van der Waals surface area contributed by atoms with Crippen molar-refractivity contribution >= 4 is 5.84 Å². The smallest absolute Gasteiger partial charge is 0.169 e. The van der Waals surface area contributed by atoms with E-state index < -0.39 is 0 Å². The van der Waals surface area contributed by atoms with Crippen LogP contribution in [0.2, 0.25) is 0 Å². The average molecular weight is 270 g/mol. The first-order valence-electron chi connectivity index (χ1n) is 6.47. The summed E-state index contributed by atoms with van der Waals surface area (Å²) < 4.78 is 11.5. The Balaban J connectivity index is 2.42. The Kier molecular flexibility index (Phi) is 4.25. The van der Waals surface area contributed by atoms with E-state index in [-0.39, 0.29) is 5.84 Å². The van der Waals surface area contributed by atoms with Gasteiger partial charge in [0, 0.05) is 0 Å². The molecule has 0 atom stereocenters. The highest BCUT2D eigenvalue weighted by Crippen LogP contribution is 2.34. The molecule has 4 heteroatoms. The molecule has 0 fully saturated rings. The van der Waals surface area contributed by atoms with Gasteiger partial charge in [-0.05, 0) is 37.6 Å². The highest BCUT2D eigenvalue weighted by Gasteiger charge is 2.13. The van der Waals surface area contributed by atoms with Crippen LogP contribution in [0.4, 0.5) is 0 Å². The Hall–Kier alpha value is -2.49. The van der Waals surface area contributed by atoms with Crippen LogP contribution in [0, 0.1) is 12.3 Å². The maximum atomic E-state index is 7.64. The van der Waals surface area contributed by atoms with Gasteiger partial charge in [-0.3, -0.25) is 5.41 Å². The molecule has 0 aromatic heterocycles. The van der Waals surface area contributed by atoms with E-state index in [0.717, 1.165) is 5.56 Å². The SMILES string of the molecule is CCOc1ccccc1Oc1c(C)cccc1C(=N)N. The third-order valence-electron chi connectivity index (χ3n) is 2.86. The molecule has 2 rings (SSSR count). The van der Waals surface area contributed by atoms with Crippen molar-refractivity contribution in [2.45, 2.75) is 13.8 Å². The number of nitrogen functional groups attached to an aromatic ring is 1. The van der Waals surface area contributed by atoms with Crippen LogP contribution in [-0.2, 0) is 0 Å². The van der Waals surface area contributed by atoms with Crippen molar-refractivity contribution in [1.82, 2.24) is 0 Å². The van der Waals surface area contributed by atoms with E-state index in [0.29, 0.717) is 29.4 Å². The number of para-hydroxylation sites is 3. The molecule has 0 amide bonds. The van der Waals surface area contributed by atoms with Gasteiger partial charge in [0.2, 0.25) is 0 Å². The Bertz CT molecular complexity index is 624. The fraction of sp³-hybridized carbons (Fsp3) is 0.188. The van der Waals surface area contributed by atoms with Crippen molar-refractivity contribution < 1.29 is 9.47 Å². The summed E-state index contributed by atoms with van der Waals surface area (Å²) in [7, 11) is 0. The molecule has 4 nitrogen and oxygen atoms in total. The second-order valence-electron chi connectivity index (χ2n) is 4.35. The van der Waals surface area contributed by atoms with E-state index in [4.69, 9.17) is 20.6 Å². The van der Waals surface area contributed by atoms with Crippen LogP contribution in [0.1, 0.15) is 18.1 Å². The molecule has 20 heavy (non-hydrogen) atoms. The van der Waals surface area contributed by atoms with Gasteiger partial charge in [-0.2, -0.15) is 0 Å². The molecule has 0 spiro atoms. The molecular formula is C16H18N2O2. The number of rotatable bonds is 5. The third kappa shape index (κ3) is 2.91. The molecule has 0 unspecified atom stereocenters. The first-order valence-corrected chi connectivity index (χ1v) is 6.47. The molecule has 3 N–H and O–H groups in total. The first-order chi connectivity index (χ1) is 9.63. The first kappa shape index (κ1) is 13.9. The van der Waals surface area contributed by atoms with Crippen LogP contribution in [0.3, 0.4) is 0 Å². The lowest BCUT2D eigenvalue weighted by Gasteiger charge is -2.15. The number of aryl methyl sites for hydroxylation is 1. The minimum atomic E-state index is -0.0161. The van der Waals surface area contributed by atoms with Crippen molar-refractivity contribution in [3.05, 3.63) is 53.6 Å². The number of hydrogen-bond donors (Lipinski definition) is 2. The zero-order chi connectivity index (χ0) is 14.5. The quantitative estimate of drug-likeness (QED) is 0.645. The zero-order valence-corrected chi connectivity index (χ0v) is 11.6. The lowest BCUT2D eigenvalue weighted by molar-refractivity contribution is 0.321. The molecule has 0 bridgehead atoms. The predicted octanol–water partition coefficient (Wildman–Crippen LogP) is 3.47. The van der Waals surface area contributed by atoms with Crippen LogP contribution >= 0.6 is 0 Å². The van der Waals surface area contributed by atoms with E-state index in [1.165, 1.54) is 0 Å².